The first-order valence-electron chi connectivity index (χ1n) is 7.86. The van der Waals surface area contributed by atoms with Gasteiger partial charge < -0.3 is 5.73 Å². The molecule has 0 fully saturated rings. The van der Waals surface area contributed by atoms with Gasteiger partial charge in [0.25, 0.3) is 0 Å². The summed E-state index contributed by atoms with van der Waals surface area (Å²) in [4.78, 5) is 1.31. The van der Waals surface area contributed by atoms with Crippen LogP contribution in [0.3, 0.4) is 0 Å². The minimum absolute atomic E-state index is 0.333. The highest BCUT2D eigenvalue weighted by Gasteiger charge is 2.03. The van der Waals surface area contributed by atoms with E-state index < -0.39 is 0 Å². The molecule has 0 bridgehead atoms. The number of nitrogens with two attached hydrogens (primary N) is 1. The third-order valence-corrected chi connectivity index (χ3v) is 5.19. The lowest BCUT2D eigenvalue weighted by Crippen LogP contribution is -2.22. The molecule has 114 valence electrons. The van der Waals surface area contributed by atoms with E-state index in [1.54, 1.807) is 0 Å². The second kappa shape index (κ2) is 11.6. The van der Waals surface area contributed by atoms with Crippen LogP contribution in [-0.2, 0) is 0 Å². The summed E-state index contributed by atoms with van der Waals surface area (Å²) in [5.74, 6) is 1.03. The van der Waals surface area contributed by atoms with Gasteiger partial charge in [-0.3, -0.25) is 0 Å². The molecule has 20 heavy (non-hydrogen) atoms. The van der Waals surface area contributed by atoms with Gasteiger partial charge in [0.1, 0.15) is 0 Å². The molecule has 0 saturated carbocycles. The zero-order valence-corrected chi connectivity index (χ0v) is 15.0. The van der Waals surface area contributed by atoms with Gasteiger partial charge in [-0.1, -0.05) is 67.8 Å². The fourth-order valence-corrected chi connectivity index (χ4v) is 3.35. The second-order valence-corrected chi connectivity index (χ2v) is 7.44. The molecular formula is C17H28BrNS. The van der Waals surface area contributed by atoms with E-state index in [1.165, 1.54) is 49.8 Å². The summed E-state index contributed by atoms with van der Waals surface area (Å²) in [6.07, 6.45) is 10.7. The highest BCUT2D eigenvalue weighted by atomic mass is 79.9. The van der Waals surface area contributed by atoms with Crippen LogP contribution in [0, 0.1) is 0 Å². The van der Waals surface area contributed by atoms with Crippen LogP contribution in [0.1, 0.15) is 58.3 Å². The Balaban J connectivity index is 2.00. The van der Waals surface area contributed by atoms with Crippen molar-refractivity contribution in [1.29, 1.82) is 0 Å². The van der Waals surface area contributed by atoms with Gasteiger partial charge in [-0.2, -0.15) is 0 Å². The Morgan fingerprint density at radius 2 is 1.60 bits per heavy atom. The molecule has 0 spiro atoms. The summed E-state index contributed by atoms with van der Waals surface area (Å²) in [6.45, 7) is 2.27. The molecule has 0 radical (unpaired) electrons. The molecular weight excluding hydrogens is 330 g/mol. The van der Waals surface area contributed by atoms with E-state index in [0.717, 1.165) is 16.6 Å². The predicted octanol–water partition coefficient (Wildman–Crippen LogP) is 6.01. The summed E-state index contributed by atoms with van der Waals surface area (Å²) in [6, 6.07) is 8.80. The van der Waals surface area contributed by atoms with Gasteiger partial charge in [0, 0.05) is 21.2 Å². The average molecular weight is 358 g/mol. The number of hydrogen-bond donors (Lipinski definition) is 1. The molecule has 1 unspecified atom stereocenters. The maximum absolute atomic E-state index is 6.18. The number of unbranched alkanes of at least 4 members (excludes halogenated alkanes) is 6. The number of hydrogen-bond acceptors (Lipinski definition) is 2. The van der Waals surface area contributed by atoms with Crippen molar-refractivity contribution < 1.29 is 0 Å². The first kappa shape index (κ1) is 18.1. The van der Waals surface area contributed by atoms with Crippen LogP contribution in [0.5, 0.6) is 0 Å². The number of thioether (sulfide) groups is 1. The fourth-order valence-electron chi connectivity index (χ4n) is 2.18. The number of halogens is 1. The molecule has 0 heterocycles. The summed E-state index contributed by atoms with van der Waals surface area (Å²) in [7, 11) is 0. The first-order chi connectivity index (χ1) is 9.72. The molecule has 3 heteroatoms. The Kier molecular flexibility index (Phi) is 10.5. The normalized spacial score (nSPS) is 12.6. The molecule has 0 aliphatic rings. The minimum atomic E-state index is 0.333. The Morgan fingerprint density at radius 3 is 2.25 bits per heavy atom. The van der Waals surface area contributed by atoms with Gasteiger partial charge in [-0.05, 0) is 30.7 Å². The van der Waals surface area contributed by atoms with E-state index >= 15 is 0 Å². The van der Waals surface area contributed by atoms with Crippen molar-refractivity contribution in [1.82, 2.24) is 0 Å². The Bertz CT molecular complexity index is 339. The van der Waals surface area contributed by atoms with Crippen LogP contribution in [0.25, 0.3) is 0 Å². The van der Waals surface area contributed by atoms with E-state index in [1.807, 2.05) is 11.8 Å². The van der Waals surface area contributed by atoms with Crippen molar-refractivity contribution in [3.05, 3.63) is 28.7 Å². The SMILES string of the molecule is CCCCCCCCCC(N)CSc1ccc(Br)cc1. The van der Waals surface area contributed by atoms with Crippen molar-refractivity contribution in [3.8, 4) is 0 Å². The van der Waals surface area contributed by atoms with Crippen LogP contribution >= 0.6 is 27.7 Å². The number of benzene rings is 1. The maximum atomic E-state index is 6.18. The van der Waals surface area contributed by atoms with Gasteiger partial charge in [0.15, 0.2) is 0 Å². The van der Waals surface area contributed by atoms with Crippen LogP contribution < -0.4 is 5.73 Å². The van der Waals surface area contributed by atoms with Crippen molar-refractivity contribution >= 4 is 27.7 Å². The van der Waals surface area contributed by atoms with Crippen LogP contribution in [0.2, 0.25) is 0 Å². The highest BCUT2D eigenvalue weighted by Crippen LogP contribution is 2.22. The molecule has 0 aliphatic carbocycles. The van der Waals surface area contributed by atoms with Crippen molar-refractivity contribution in [2.45, 2.75) is 69.2 Å². The van der Waals surface area contributed by atoms with E-state index in [-0.39, 0.29) is 0 Å². The zero-order valence-electron chi connectivity index (χ0n) is 12.6. The molecule has 1 aromatic carbocycles. The van der Waals surface area contributed by atoms with Crippen LogP contribution in [0.4, 0.5) is 0 Å². The zero-order chi connectivity index (χ0) is 14.6. The van der Waals surface area contributed by atoms with Gasteiger partial charge >= 0.3 is 0 Å². The van der Waals surface area contributed by atoms with Crippen molar-refractivity contribution in [2.24, 2.45) is 5.73 Å². The lowest BCUT2D eigenvalue weighted by molar-refractivity contribution is 0.549. The summed E-state index contributed by atoms with van der Waals surface area (Å²) in [5, 5.41) is 0. The van der Waals surface area contributed by atoms with Gasteiger partial charge in [-0.25, -0.2) is 0 Å². The molecule has 0 saturated heterocycles. The fraction of sp³-hybridized carbons (Fsp3) is 0.647. The third-order valence-electron chi connectivity index (χ3n) is 3.46. The largest absolute Gasteiger partial charge is 0.327 e. The van der Waals surface area contributed by atoms with Crippen LogP contribution in [0.15, 0.2) is 33.6 Å². The summed E-state index contributed by atoms with van der Waals surface area (Å²) in [5.41, 5.74) is 6.18. The van der Waals surface area contributed by atoms with Gasteiger partial charge in [0.2, 0.25) is 0 Å². The maximum Gasteiger partial charge on any atom is 0.0176 e. The van der Waals surface area contributed by atoms with E-state index in [9.17, 15) is 0 Å². The van der Waals surface area contributed by atoms with Gasteiger partial charge in [0.05, 0.1) is 0 Å². The minimum Gasteiger partial charge on any atom is -0.327 e. The third kappa shape index (κ3) is 9.04. The van der Waals surface area contributed by atoms with Crippen LogP contribution in [-0.4, -0.2) is 11.8 Å². The molecule has 0 aromatic heterocycles. The topological polar surface area (TPSA) is 26.0 Å². The molecule has 1 atom stereocenters. The lowest BCUT2D eigenvalue weighted by atomic mass is 10.1. The number of rotatable bonds is 11. The standard InChI is InChI=1S/C17H28BrNS/c1-2-3-4-5-6-7-8-9-16(19)14-20-17-12-10-15(18)11-13-17/h10-13,16H,2-9,14,19H2,1H3. The molecule has 0 aliphatic heterocycles. The Morgan fingerprint density at radius 1 is 1.00 bits per heavy atom. The Hall–Kier alpha value is 0.01000. The smallest absolute Gasteiger partial charge is 0.0176 e. The molecule has 1 aromatic rings. The first-order valence-corrected chi connectivity index (χ1v) is 9.64. The second-order valence-electron chi connectivity index (χ2n) is 5.43. The monoisotopic (exact) mass is 357 g/mol. The highest BCUT2D eigenvalue weighted by molar-refractivity contribution is 9.10. The van der Waals surface area contributed by atoms with E-state index in [0.29, 0.717) is 6.04 Å². The van der Waals surface area contributed by atoms with Gasteiger partial charge in [-0.15, -0.1) is 11.8 Å². The average Bonchev–Trinajstić information content (AvgIpc) is 2.46. The summed E-state index contributed by atoms with van der Waals surface area (Å²) < 4.78 is 1.13. The molecule has 1 nitrogen and oxygen atoms in total. The van der Waals surface area contributed by atoms with Crippen molar-refractivity contribution in [3.63, 3.8) is 0 Å². The van der Waals surface area contributed by atoms with E-state index in [4.69, 9.17) is 5.73 Å². The molecule has 0 amide bonds. The van der Waals surface area contributed by atoms with E-state index in [2.05, 4.69) is 47.1 Å². The lowest BCUT2D eigenvalue weighted by Gasteiger charge is -2.11. The predicted molar refractivity (Wildman–Crippen MR) is 95.5 cm³/mol. The molecule has 2 N–H and O–H groups in total. The van der Waals surface area contributed by atoms with Crippen molar-refractivity contribution in [2.75, 3.05) is 5.75 Å². The molecule has 1 rings (SSSR count). The Labute approximate surface area is 137 Å². The quantitative estimate of drug-likeness (QED) is 0.387. The summed E-state index contributed by atoms with van der Waals surface area (Å²) >= 11 is 5.32.